The molecule has 0 aliphatic heterocycles. The lowest BCUT2D eigenvalue weighted by molar-refractivity contribution is -0.133. The number of thiazole rings is 1. The first kappa shape index (κ1) is 16.4. The highest BCUT2D eigenvalue weighted by molar-refractivity contribution is 7.11. The van der Waals surface area contributed by atoms with Crippen LogP contribution in [0.15, 0.2) is 29.6 Å². The zero-order chi connectivity index (χ0) is 16.3. The third-order valence-corrected chi connectivity index (χ3v) is 3.96. The van der Waals surface area contributed by atoms with Gasteiger partial charge in [-0.1, -0.05) is 32.9 Å². The first-order valence-electron chi connectivity index (χ1n) is 6.83. The summed E-state index contributed by atoms with van der Waals surface area (Å²) in [6.45, 7) is 6.19. The van der Waals surface area contributed by atoms with Crippen LogP contribution in [0.4, 0.5) is 4.39 Å². The number of halogens is 1. The first-order chi connectivity index (χ1) is 10.3. The van der Waals surface area contributed by atoms with Crippen LogP contribution in [0.2, 0.25) is 0 Å². The van der Waals surface area contributed by atoms with Crippen LogP contribution in [-0.4, -0.2) is 18.1 Å². The predicted octanol–water partition coefficient (Wildman–Crippen LogP) is 4.29. The Hall–Kier alpha value is -2.01. The average molecular weight is 319 g/mol. The van der Waals surface area contributed by atoms with Crippen LogP contribution in [0.5, 0.6) is 0 Å². The van der Waals surface area contributed by atoms with Crippen molar-refractivity contribution in [3.8, 4) is 0 Å². The number of carbonyl (C=O) groups excluding carboxylic acids is 1. The maximum Gasteiger partial charge on any atom is 0.340 e. The van der Waals surface area contributed by atoms with Crippen molar-refractivity contribution in [1.29, 1.82) is 0 Å². The fraction of sp³-hybridized carbons (Fsp3) is 0.294. The van der Waals surface area contributed by atoms with Gasteiger partial charge in [-0.3, -0.25) is 0 Å². The standard InChI is InChI=1S/C17H18FNO2S/c1-17(2,3)14-10-22-15(19-14)13(16(20)21-4)9-11-5-7-12(18)8-6-11/h5-10H,1-4H3/b13-9+. The van der Waals surface area contributed by atoms with E-state index in [-0.39, 0.29) is 11.2 Å². The van der Waals surface area contributed by atoms with Gasteiger partial charge in [-0.05, 0) is 23.8 Å². The highest BCUT2D eigenvalue weighted by Gasteiger charge is 2.21. The van der Waals surface area contributed by atoms with Crippen LogP contribution in [0, 0.1) is 5.82 Å². The molecule has 1 aromatic carbocycles. The van der Waals surface area contributed by atoms with E-state index in [9.17, 15) is 9.18 Å². The van der Waals surface area contributed by atoms with E-state index >= 15 is 0 Å². The number of nitrogens with zero attached hydrogens (tertiary/aromatic N) is 1. The van der Waals surface area contributed by atoms with Crippen LogP contribution in [-0.2, 0) is 14.9 Å². The van der Waals surface area contributed by atoms with Crippen molar-refractivity contribution >= 4 is 29.0 Å². The van der Waals surface area contributed by atoms with Gasteiger partial charge in [0.1, 0.15) is 10.8 Å². The van der Waals surface area contributed by atoms with Gasteiger partial charge in [-0.25, -0.2) is 14.2 Å². The fourth-order valence-electron chi connectivity index (χ4n) is 1.79. The minimum absolute atomic E-state index is 0.0914. The van der Waals surface area contributed by atoms with E-state index in [2.05, 4.69) is 25.8 Å². The molecule has 5 heteroatoms. The Bertz CT molecular complexity index is 696. The lowest BCUT2D eigenvalue weighted by atomic mass is 9.93. The van der Waals surface area contributed by atoms with Gasteiger partial charge in [0.2, 0.25) is 0 Å². The second-order valence-corrected chi connectivity index (χ2v) is 6.75. The van der Waals surface area contributed by atoms with Crippen LogP contribution >= 0.6 is 11.3 Å². The molecule has 1 aromatic heterocycles. The molecule has 0 saturated carbocycles. The van der Waals surface area contributed by atoms with E-state index in [1.54, 1.807) is 18.2 Å². The zero-order valence-corrected chi connectivity index (χ0v) is 13.8. The van der Waals surface area contributed by atoms with Gasteiger partial charge < -0.3 is 4.74 Å². The number of hydrogen-bond donors (Lipinski definition) is 0. The predicted molar refractivity (Wildman–Crippen MR) is 87.1 cm³/mol. The molecule has 0 amide bonds. The molecule has 0 N–H and O–H groups in total. The first-order valence-corrected chi connectivity index (χ1v) is 7.71. The van der Waals surface area contributed by atoms with Gasteiger partial charge in [-0.15, -0.1) is 11.3 Å². The summed E-state index contributed by atoms with van der Waals surface area (Å²) in [7, 11) is 1.33. The quantitative estimate of drug-likeness (QED) is 0.625. The summed E-state index contributed by atoms with van der Waals surface area (Å²) in [5, 5.41) is 2.54. The molecule has 0 bridgehead atoms. The third-order valence-electron chi connectivity index (χ3n) is 3.09. The van der Waals surface area contributed by atoms with Crippen molar-refractivity contribution < 1.29 is 13.9 Å². The number of esters is 1. The molecule has 1 heterocycles. The lowest BCUT2D eigenvalue weighted by Gasteiger charge is -2.14. The van der Waals surface area contributed by atoms with Crippen molar-refractivity contribution in [2.24, 2.45) is 0 Å². The van der Waals surface area contributed by atoms with Crippen LogP contribution in [0.25, 0.3) is 11.6 Å². The van der Waals surface area contributed by atoms with Gasteiger partial charge in [0, 0.05) is 10.8 Å². The van der Waals surface area contributed by atoms with Gasteiger partial charge in [0.05, 0.1) is 18.4 Å². The molecule has 3 nitrogen and oxygen atoms in total. The summed E-state index contributed by atoms with van der Waals surface area (Å²) in [6, 6.07) is 5.92. The van der Waals surface area contributed by atoms with E-state index < -0.39 is 5.97 Å². The van der Waals surface area contributed by atoms with Crippen molar-refractivity contribution in [2.45, 2.75) is 26.2 Å². The zero-order valence-electron chi connectivity index (χ0n) is 13.0. The topological polar surface area (TPSA) is 39.2 Å². The smallest absolute Gasteiger partial charge is 0.340 e. The third kappa shape index (κ3) is 3.80. The average Bonchev–Trinajstić information content (AvgIpc) is 2.95. The molecule has 0 aliphatic carbocycles. The number of ether oxygens (including phenoxy) is 1. The van der Waals surface area contributed by atoms with Crippen LogP contribution < -0.4 is 0 Å². The normalized spacial score (nSPS) is 12.3. The van der Waals surface area contributed by atoms with E-state index in [0.717, 1.165) is 5.69 Å². The Morgan fingerprint density at radius 1 is 1.27 bits per heavy atom. The SMILES string of the molecule is COC(=O)/C(=C/c1ccc(F)cc1)c1nc(C(C)(C)C)cs1. The van der Waals surface area contributed by atoms with E-state index in [1.807, 2.05) is 5.38 Å². The monoisotopic (exact) mass is 319 g/mol. The maximum absolute atomic E-state index is 13.0. The Labute approximate surface area is 133 Å². The summed E-state index contributed by atoms with van der Waals surface area (Å²) in [5.41, 5.74) is 1.91. The van der Waals surface area contributed by atoms with Crippen molar-refractivity contribution in [2.75, 3.05) is 7.11 Å². The number of rotatable bonds is 3. The second kappa shape index (κ2) is 6.40. The maximum atomic E-state index is 13.0. The molecule has 0 saturated heterocycles. The number of carbonyl (C=O) groups is 1. The molecule has 116 valence electrons. The molecule has 2 rings (SSSR count). The number of aromatic nitrogens is 1. The molecule has 0 spiro atoms. The van der Waals surface area contributed by atoms with Gasteiger partial charge in [-0.2, -0.15) is 0 Å². The summed E-state index contributed by atoms with van der Waals surface area (Å²) in [4.78, 5) is 16.6. The molecule has 0 radical (unpaired) electrons. The number of methoxy groups -OCH3 is 1. The highest BCUT2D eigenvalue weighted by atomic mass is 32.1. The van der Waals surface area contributed by atoms with E-state index in [1.165, 1.54) is 30.6 Å². The minimum Gasteiger partial charge on any atom is -0.465 e. The largest absolute Gasteiger partial charge is 0.465 e. The molecular formula is C17H18FNO2S. The molecule has 2 aromatic rings. The highest BCUT2D eigenvalue weighted by Crippen LogP contribution is 2.29. The van der Waals surface area contributed by atoms with Crippen molar-refractivity contribution in [3.05, 3.63) is 51.7 Å². The fourth-order valence-corrected chi connectivity index (χ4v) is 2.84. The van der Waals surface area contributed by atoms with Crippen LogP contribution in [0.3, 0.4) is 0 Å². The molecule has 0 unspecified atom stereocenters. The Morgan fingerprint density at radius 3 is 2.41 bits per heavy atom. The Kier molecular flexibility index (Phi) is 4.76. The molecule has 22 heavy (non-hydrogen) atoms. The molecule has 0 fully saturated rings. The summed E-state index contributed by atoms with van der Waals surface area (Å²) >= 11 is 1.40. The van der Waals surface area contributed by atoms with Crippen LogP contribution in [0.1, 0.15) is 37.0 Å². The van der Waals surface area contributed by atoms with Crippen molar-refractivity contribution in [3.63, 3.8) is 0 Å². The van der Waals surface area contributed by atoms with E-state index in [0.29, 0.717) is 16.1 Å². The lowest BCUT2D eigenvalue weighted by Crippen LogP contribution is -2.12. The number of benzene rings is 1. The Morgan fingerprint density at radius 2 is 1.91 bits per heavy atom. The minimum atomic E-state index is -0.459. The molecular weight excluding hydrogens is 301 g/mol. The molecule has 0 atom stereocenters. The number of hydrogen-bond acceptors (Lipinski definition) is 4. The second-order valence-electron chi connectivity index (χ2n) is 5.89. The van der Waals surface area contributed by atoms with Crippen molar-refractivity contribution in [1.82, 2.24) is 4.98 Å². The molecule has 0 aliphatic rings. The van der Waals surface area contributed by atoms with Gasteiger partial charge in [0.15, 0.2) is 0 Å². The summed E-state index contributed by atoms with van der Waals surface area (Å²) in [6.07, 6.45) is 1.66. The van der Waals surface area contributed by atoms with E-state index in [4.69, 9.17) is 4.74 Å². The van der Waals surface area contributed by atoms with Gasteiger partial charge >= 0.3 is 5.97 Å². The van der Waals surface area contributed by atoms with Gasteiger partial charge in [0.25, 0.3) is 0 Å². The summed E-state index contributed by atoms with van der Waals surface area (Å²) in [5.74, 6) is -0.778. The Balaban J connectivity index is 2.44. The summed E-state index contributed by atoms with van der Waals surface area (Å²) < 4.78 is 17.8.